The van der Waals surface area contributed by atoms with E-state index < -0.39 is 7.67 Å². The van der Waals surface area contributed by atoms with Crippen molar-refractivity contribution in [2.75, 3.05) is 6.61 Å². The highest BCUT2D eigenvalue weighted by atomic mass is 31.2. The molecule has 3 atom stereocenters. The molecule has 2 aliphatic rings. The van der Waals surface area contributed by atoms with Crippen LogP contribution < -0.4 is 10.2 Å². The first-order valence-corrected chi connectivity index (χ1v) is 7.65. The van der Waals surface area contributed by atoms with Gasteiger partial charge in [-0.1, -0.05) is 6.92 Å². The summed E-state index contributed by atoms with van der Waals surface area (Å²) >= 11 is 0. The third kappa shape index (κ3) is 2.66. The van der Waals surface area contributed by atoms with Crippen LogP contribution in [0.1, 0.15) is 39.5 Å². The van der Waals surface area contributed by atoms with Gasteiger partial charge in [0, 0.05) is 18.2 Å². The Labute approximate surface area is 96.5 Å². The van der Waals surface area contributed by atoms with E-state index in [2.05, 4.69) is 17.1 Å². The lowest BCUT2D eigenvalue weighted by Gasteiger charge is -2.18. The minimum Gasteiger partial charge on any atom is -0.378 e. The molecule has 0 aromatic rings. The molecule has 1 heterocycles. The number of hydrogen-bond donors (Lipinski definition) is 3. The molecule has 1 spiro atoms. The first-order chi connectivity index (χ1) is 7.47. The van der Waals surface area contributed by atoms with Gasteiger partial charge in [0.05, 0.1) is 6.10 Å². The van der Waals surface area contributed by atoms with Gasteiger partial charge in [0.2, 0.25) is 0 Å². The summed E-state index contributed by atoms with van der Waals surface area (Å²) in [6.45, 7) is 4.78. The van der Waals surface area contributed by atoms with Gasteiger partial charge in [0.1, 0.15) is 0 Å². The summed E-state index contributed by atoms with van der Waals surface area (Å²) in [6.07, 6.45) is 4.03. The Balaban J connectivity index is 1.80. The Morgan fingerprint density at radius 1 is 1.62 bits per heavy atom. The fourth-order valence-corrected chi connectivity index (χ4v) is 4.03. The molecule has 94 valence electrons. The van der Waals surface area contributed by atoms with Crippen molar-refractivity contribution in [1.29, 1.82) is 0 Å². The van der Waals surface area contributed by atoms with Crippen molar-refractivity contribution in [2.45, 2.75) is 57.2 Å². The van der Waals surface area contributed by atoms with Crippen LogP contribution in [0.5, 0.6) is 0 Å². The maximum absolute atomic E-state index is 11.5. The monoisotopic (exact) mass is 248 g/mol. The number of ether oxygens (including phenoxy) is 1. The molecule has 16 heavy (non-hydrogen) atoms. The largest absolute Gasteiger partial charge is 0.378 e. The van der Waals surface area contributed by atoms with E-state index in [-0.39, 0.29) is 17.7 Å². The highest BCUT2D eigenvalue weighted by molar-refractivity contribution is 7.54. The van der Waals surface area contributed by atoms with E-state index >= 15 is 0 Å². The van der Waals surface area contributed by atoms with Crippen molar-refractivity contribution in [2.24, 2.45) is 0 Å². The minimum absolute atomic E-state index is 0.0763. The van der Waals surface area contributed by atoms with E-state index in [1.165, 1.54) is 0 Å². The predicted molar refractivity (Wildman–Crippen MR) is 62.2 cm³/mol. The van der Waals surface area contributed by atoms with Crippen molar-refractivity contribution in [3.8, 4) is 0 Å². The molecular weight excluding hydrogens is 227 g/mol. The van der Waals surface area contributed by atoms with E-state index in [1.54, 1.807) is 0 Å². The van der Waals surface area contributed by atoms with Crippen LogP contribution in [0.3, 0.4) is 0 Å². The summed E-state index contributed by atoms with van der Waals surface area (Å²) in [5.74, 6) is 0. The fraction of sp³-hybridized carbons (Fsp3) is 1.00. The zero-order valence-electron chi connectivity index (χ0n) is 9.90. The number of hydrogen-bond acceptors (Lipinski definition) is 2. The highest BCUT2D eigenvalue weighted by Gasteiger charge is 2.58. The van der Waals surface area contributed by atoms with Crippen LogP contribution in [-0.2, 0) is 9.30 Å². The molecular formula is C10H21N2O3P. The molecule has 0 bridgehead atoms. The van der Waals surface area contributed by atoms with Gasteiger partial charge in [-0.05, 0) is 32.6 Å². The molecule has 0 radical (unpaired) electrons. The molecule has 2 fully saturated rings. The molecule has 1 aliphatic carbocycles. The van der Waals surface area contributed by atoms with Crippen LogP contribution in [0.4, 0.5) is 0 Å². The van der Waals surface area contributed by atoms with Crippen molar-refractivity contribution >= 4 is 7.67 Å². The molecule has 1 saturated carbocycles. The van der Waals surface area contributed by atoms with Gasteiger partial charge in [0.15, 0.2) is 0 Å². The molecule has 1 aliphatic heterocycles. The van der Waals surface area contributed by atoms with Crippen LogP contribution in [0.25, 0.3) is 0 Å². The normalized spacial score (nSPS) is 37.8. The van der Waals surface area contributed by atoms with Gasteiger partial charge in [-0.15, -0.1) is 0 Å². The Bertz CT molecular complexity index is 306. The molecule has 1 saturated heterocycles. The van der Waals surface area contributed by atoms with Crippen molar-refractivity contribution < 1.29 is 14.2 Å². The Hall–Kier alpha value is 0.0700. The summed E-state index contributed by atoms with van der Waals surface area (Å²) in [5.41, 5.74) is -0.122. The van der Waals surface area contributed by atoms with Gasteiger partial charge < -0.3 is 9.63 Å². The first-order valence-electron chi connectivity index (χ1n) is 5.99. The summed E-state index contributed by atoms with van der Waals surface area (Å²) in [5, 5.41) is 5.62. The molecule has 0 amide bonds. The van der Waals surface area contributed by atoms with Gasteiger partial charge in [-0.2, -0.15) is 0 Å². The predicted octanol–water partition coefficient (Wildman–Crippen LogP) is 1.39. The molecule has 5 nitrogen and oxygen atoms in total. The van der Waals surface area contributed by atoms with E-state index in [0.29, 0.717) is 6.61 Å². The average molecular weight is 248 g/mol. The maximum Gasteiger partial charge on any atom is 0.339 e. The second-order valence-corrected chi connectivity index (χ2v) is 6.54. The molecule has 3 N–H and O–H groups in total. The van der Waals surface area contributed by atoms with E-state index in [0.717, 1.165) is 25.7 Å². The van der Waals surface area contributed by atoms with Crippen molar-refractivity contribution in [3.05, 3.63) is 0 Å². The Kier molecular flexibility index (Phi) is 3.44. The number of rotatable bonds is 5. The van der Waals surface area contributed by atoms with Crippen LogP contribution >= 0.6 is 7.67 Å². The zero-order chi connectivity index (χ0) is 11.8. The molecule has 6 heteroatoms. The summed E-state index contributed by atoms with van der Waals surface area (Å²) in [7, 11) is -3.28. The second kappa shape index (κ2) is 4.39. The van der Waals surface area contributed by atoms with Gasteiger partial charge >= 0.3 is 7.67 Å². The molecule has 0 aromatic heterocycles. The van der Waals surface area contributed by atoms with Gasteiger partial charge in [-0.25, -0.2) is 10.2 Å². The van der Waals surface area contributed by atoms with Gasteiger partial charge in [0.25, 0.3) is 0 Å². The standard InChI is InChI=1S/C10H21N2O3P/c1-3-8(2)15-7-4-9-10(5-6-10)12-16(13,14)11-9/h8-9H,3-7H2,1-2H3,(H3,11,12,13,14). The quantitative estimate of drug-likeness (QED) is 0.641. The third-order valence-electron chi connectivity index (χ3n) is 3.54. The van der Waals surface area contributed by atoms with E-state index in [1.807, 2.05) is 6.92 Å². The lowest BCUT2D eigenvalue weighted by atomic mass is 10.1. The second-order valence-electron chi connectivity index (χ2n) is 4.90. The van der Waals surface area contributed by atoms with E-state index in [9.17, 15) is 9.46 Å². The van der Waals surface area contributed by atoms with Crippen molar-refractivity contribution in [3.63, 3.8) is 0 Å². The summed E-state index contributed by atoms with van der Waals surface area (Å²) in [4.78, 5) is 9.49. The Morgan fingerprint density at radius 2 is 2.31 bits per heavy atom. The SMILES string of the molecule is CCC(C)OCCC1NP(=O)(O)NC12CC2. The summed E-state index contributed by atoms with van der Waals surface area (Å²) in [6, 6.07) is 0.0763. The topological polar surface area (TPSA) is 70.6 Å². The van der Waals surface area contributed by atoms with Gasteiger partial charge in [-0.3, -0.25) is 4.57 Å². The number of nitrogens with one attached hydrogen (secondary N) is 2. The summed E-state index contributed by atoms with van der Waals surface area (Å²) < 4.78 is 17.1. The van der Waals surface area contributed by atoms with Crippen LogP contribution in [0.15, 0.2) is 0 Å². The minimum atomic E-state index is -3.28. The zero-order valence-corrected chi connectivity index (χ0v) is 10.8. The first kappa shape index (κ1) is 12.5. The molecule has 0 aromatic carbocycles. The lowest BCUT2D eigenvalue weighted by Crippen LogP contribution is -2.36. The van der Waals surface area contributed by atoms with E-state index in [4.69, 9.17) is 4.74 Å². The fourth-order valence-electron chi connectivity index (χ4n) is 2.19. The Morgan fingerprint density at radius 3 is 2.88 bits per heavy atom. The smallest absolute Gasteiger partial charge is 0.339 e. The highest BCUT2D eigenvalue weighted by Crippen LogP contribution is 2.54. The maximum atomic E-state index is 11.5. The average Bonchev–Trinajstić information content (AvgIpc) is 2.90. The van der Waals surface area contributed by atoms with Crippen molar-refractivity contribution in [1.82, 2.24) is 10.2 Å². The third-order valence-corrected chi connectivity index (χ3v) is 4.95. The van der Waals surface area contributed by atoms with Crippen LogP contribution in [0.2, 0.25) is 0 Å². The molecule has 3 unspecified atom stereocenters. The van der Waals surface area contributed by atoms with Crippen LogP contribution in [-0.4, -0.2) is 29.2 Å². The molecule has 2 rings (SSSR count). The van der Waals surface area contributed by atoms with Crippen LogP contribution in [0, 0.1) is 0 Å². The lowest BCUT2D eigenvalue weighted by molar-refractivity contribution is 0.0568.